The van der Waals surface area contributed by atoms with E-state index in [9.17, 15) is 4.79 Å². The zero-order valence-corrected chi connectivity index (χ0v) is 17.3. The highest BCUT2D eigenvalue weighted by molar-refractivity contribution is 5.99. The molecule has 0 fully saturated rings. The number of hydrogen-bond donors (Lipinski definition) is 0. The topological polar surface area (TPSA) is 79.1 Å². The maximum atomic E-state index is 12.0. The third-order valence-electron chi connectivity index (χ3n) is 4.48. The van der Waals surface area contributed by atoms with Crippen LogP contribution in [0, 0.1) is 6.92 Å². The summed E-state index contributed by atoms with van der Waals surface area (Å²) in [5.41, 5.74) is 5.25. The number of aromatic nitrogens is 4. The van der Waals surface area contributed by atoms with E-state index >= 15 is 0 Å². The van der Waals surface area contributed by atoms with Gasteiger partial charge in [-0.2, -0.15) is 5.10 Å². The second-order valence-corrected chi connectivity index (χ2v) is 6.52. The van der Waals surface area contributed by atoms with Gasteiger partial charge in [0.1, 0.15) is 0 Å². The molecule has 7 nitrogen and oxygen atoms in total. The van der Waals surface area contributed by atoms with Crippen molar-refractivity contribution in [3.05, 3.63) is 47.6 Å². The van der Waals surface area contributed by atoms with E-state index in [1.807, 2.05) is 44.0 Å². The van der Waals surface area contributed by atoms with Crippen LogP contribution in [0.25, 0.3) is 28.2 Å². The Morgan fingerprint density at radius 3 is 2.69 bits per heavy atom. The molecule has 3 heterocycles. The first kappa shape index (κ1) is 20.7. The highest BCUT2D eigenvalue weighted by atomic mass is 16.5. The van der Waals surface area contributed by atoms with E-state index in [1.54, 1.807) is 13.0 Å². The summed E-state index contributed by atoms with van der Waals surface area (Å²) in [6, 6.07) is 2.07. The van der Waals surface area contributed by atoms with Crippen molar-refractivity contribution in [2.75, 3.05) is 13.2 Å². The molecule has 0 spiro atoms. The van der Waals surface area contributed by atoms with Gasteiger partial charge >= 0.3 is 5.97 Å². The predicted molar refractivity (Wildman–Crippen MR) is 112 cm³/mol. The monoisotopic (exact) mass is 394 g/mol. The Kier molecular flexibility index (Phi) is 6.72. The summed E-state index contributed by atoms with van der Waals surface area (Å²) >= 11 is 0. The summed E-state index contributed by atoms with van der Waals surface area (Å²) in [6.07, 6.45) is 8.62. The highest BCUT2D eigenvalue weighted by Gasteiger charge is 2.19. The fourth-order valence-corrected chi connectivity index (χ4v) is 3.21. The lowest BCUT2D eigenvalue weighted by Crippen LogP contribution is -2.05. The number of nitrogens with zero attached hydrogens (tertiary/aromatic N) is 4. The molecule has 0 amide bonds. The SMILES string of the molecule is CCOCc1nc2c(cnn2CC)c(-c2cncc(C)c2)c1C=CC(=O)OCC. The van der Waals surface area contributed by atoms with Gasteiger partial charge in [0, 0.05) is 53.7 Å². The molecule has 0 aromatic carbocycles. The second kappa shape index (κ2) is 9.43. The van der Waals surface area contributed by atoms with Crippen LogP contribution >= 0.6 is 0 Å². The number of pyridine rings is 2. The smallest absolute Gasteiger partial charge is 0.330 e. The van der Waals surface area contributed by atoms with E-state index in [2.05, 4.69) is 16.1 Å². The van der Waals surface area contributed by atoms with Gasteiger partial charge in [-0.15, -0.1) is 0 Å². The molecule has 0 saturated heterocycles. The van der Waals surface area contributed by atoms with Crippen LogP contribution < -0.4 is 0 Å². The molecule has 0 saturated carbocycles. The minimum Gasteiger partial charge on any atom is -0.463 e. The van der Waals surface area contributed by atoms with Crippen LogP contribution in [0.1, 0.15) is 37.6 Å². The summed E-state index contributed by atoms with van der Waals surface area (Å²) < 4.78 is 12.6. The first-order valence-corrected chi connectivity index (χ1v) is 9.81. The largest absolute Gasteiger partial charge is 0.463 e. The van der Waals surface area contributed by atoms with E-state index < -0.39 is 5.97 Å². The minimum absolute atomic E-state index is 0.324. The molecule has 3 aromatic rings. The van der Waals surface area contributed by atoms with Crippen molar-refractivity contribution in [3.63, 3.8) is 0 Å². The molecule has 0 N–H and O–H groups in total. The average Bonchev–Trinajstić information content (AvgIpc) is 3.12. The number of ether oxygens (including phenoxy) is 2. The minimum atomic E-state index is -0.396. The Morgan fingerprint density at radius 2 is 2.00 bits per heavy atom. The first-order valence-electron chi connectivity index (χ1n) is 9.81. The van der Waals surface area contributed by atoms with Crippen LogP contribution in [-0.2, 0) is 27.4 Å². The fraction of sp³-hybridized carbons (Fsp3) is 0.364. The number of esters is 1. The van der Waals surface area contributed by atoms with Crippen molar-refractivity contribution >= 4 is 23.1 Å². The van der Waals surface area contributed by atoms with Gasteiger partial charge in [0.25, 0.3) is 0 Å². The maximum Gasteiger partial charge on any atom is 0.330 e. The van der Waals surface area contributed by atoms with Crippen LogP contribution in [0.15, 0.2) is 30.7 Å². The molecule has 0 unspecified atom stereocenters. The lowest BCUT2D eigenvalue weighted by molar-refractivity contribution is -0.137. The number of rotatable bonds is 8. The van der Waals surface area contributed by atoms with Gasteiger partial charge in [0.15, 0.2) is 5.65 Å². The molecule has 0 aliphatic carbocycles. The fourth-order valence-electron chi connectivity index (χ4n) is 3.21. The van der Waals surface area contributed by atoms with Gasteiger partial charge in [-0.05, 0) is 45.4 Å². The Balaban J connectivity index is 2.30. The molecule has 3 rings (SSSR count). The average molecular weight is 394 g/mol. The lowest BCUT2D eigenvalue weighted by Gasteiger charge is -2.14. The van der Waals surface area contributed by atoms with Gasteiger partial charge in [-0.1, -0.05) is 0 Å². The van der Waals surface area contributed by atoms with Crippen molar-refractivity contribution < 1.29 is 14.3 Å². The van der Waals surface area contributed by atoms with Crippen molar-refractivity contribution in [2.24, 2.45) is 0 Å². The number of hydrogen-bond acceptors (Lipinski definition) is 6. The van der Waals surface area contributed by atoms with Crippen molar-refractivity contribution in [1.82, 2.24) is 19.7 Å². The summed E-state index contributed by atoms with van der Waals surface area (Å²) in [4.78, 5) is 21.2. The van der Waals surface area contributed by atoms with Gasteiger partial charge in [-0.25, -0.2) is 14.5 Å². The van der Waals surface area contributed by atoms with E-state index in [0.29, 0.717) is 26.4 Å². The third-order valence-corrected chi connectivity index (χ3v) is 4.48. The van der Waals surface area contributed by atoms with Crippen LogP contribution in [0.2, 0.25) is 0 Å². The molecule has 0 bridgehead atoms. The summed E-state index contributed by atoms with van der Waals surface area (Å²) in [6.45, 7) is 9.67. The summed E-state index contributed by atoms with van der Waals surface area (Å²) in [5.74, 6) is -0.396. The lowest BCUT2D eigenvalue weighted by atomic mass is 9.96. The molecule has 0 radical (unpaired) electrons. The molecule has 0 aliphatic heterocycles. The zero-order chi connectivity index (χ0) is 20.8. The Hall–Kier alpha value is -3.06. The maximum absolute atomic E-state index is 12.0. The van der Waals surface area contributed by atoms with Crippen molar-refractivity contribution in [3.8, 4) is 11.1 Å². The van der Waals surface area contributed by atoms with Crippen molar-refractivity contribution in [1.29, 1.82) is 0 Å². The predicted octanol–water partition coefficient (Wildman–Crippen LogP) is 3.93. The summed E-state index contributed by atoms with van der Waals surface area (Å²) in [5, 5.41) is 5.39. The zero-order valence-electron chi connectivity index (χ0n) is 17.3. The number of fused-ring (bicyclic) bond motifs is 1. The number of carbonyl (C=O) groups is 1. The molecule has 0 aliphatic rings. The van der Waals surface area contributed by atoms with Crippen molar-refractivity contribution in [2.45, 2.75) is 40.8 Å². The van der Waals surface area contributed by atoms with Gasteiger partial charge in [0.2, 0.25) is 0 Å². The van der Waals surface area contributed by atoms with E-state index in [4.69, 9.17) is 14.5 Å². The van der Waals surface area contributed by atoms with E-state index in [0.717, 1.165) is 39.0 Å². The normalized spacial score (nSPS) is 11.4. The highest BCUT2D eigenvalue weighted by Crippen LogP contribution is 2.34. The Bertz CT molecular complexity index is 1040. The van der Waals surface area contributed by atoms with E-state index in [1.165, 1.54) is 6.08 Å². The molecule has 152 valence electrons. The third kappa shape index (κ3) is 4.51. The Labute approximate surface area is 170 Å². The standard InChI is InChI=1S/C22H26N4O3/c1-5-26-22-18(13-24-26)21(16-10-15(4)11-23-12-16)17(8-9-20(27)29-7-3)19(25-22)14-28-6-2/h8-13H,5-7,14H2,1-4H3. The molecular weight excluding hydrogens is 368 g/mol. The van der Waals surface area contributed by atoms with Gasteiger partial charge in [0.05, 0.1) is 25.1 Å². The molecular formula is C22H26N4O3. The quantitative estimate of drug-likeness (QED) is 0.425. The summed E-state index contributed by atoms with van der Waals surface area (Å²) in [7, 11) is 0. The Morgan fingerprint density at radius 1 is 1.17 bits per heavy atom. The van der Waals surface area contributed by atoms with Crippen LogP contribution in [0.4, 0.5) is 0 Å². The molecule has 3 aromatic heterocycles. The van der Waals surface area contributed by atoms with Gasteiger partial charge < -0.3 is 9.47 Å². The first-order chi connectivity index (χ1) is 14.1. The van der Waals surface area contributed by atoms with Crippen LogP contribution in [-0.4, -0.2) is 38.9 Å². The van der Waals surface area contributed by atoms with Crippen LogP contribution in [0.3, 0.4) is 0 Å². The van der Waals surface area contributed by atoms with Gasteiger partial charge in [-0.3, -0.25) is 4.98 Å². The van der Waals surface area contributed by atoms with E-state index in [-0.39, 0.29) is 0 Å². The molecule has 7 heteroatoms. The molecule has 0 atom stereocenters. The number of aryl methyl sites for hydroxylation is 2. The number of carbonyl (C=O) groups excluding carboxylic acids is 1. The molecule has 29 heavy (non-hydrogen) atoms. The second-order valence-electron chi connectivity index (χ2n) is 6.52. The van der Waals surface area contributed by atoms with Crippen LogP contribution in [0.5, 0.6) is 0 Å².